The van der Waals surface area contributed by atoms with Crippen LogP contribution in [0.5, 0.6) is 0 Å². The minimum atomic E-state index is -0.535. The van der Waals surface area contributed by atoms with Crippen LogP contribution in [-0.2, 0) is 13.1 Å². The van der Waals surface area contributed by atoms with Crippen LogP contribution in [0.15, 0.2) is 35.1 Å². The Kier molecular flexibility index (Phi) is 3.63. The molecular weight excluding hydrogens is 241 g/mol. The van der Waals surface area contributed by atoms with Crippen LogP contribution in [0.25, 0.3) is 0 Å². The minimum Gasteiger partial charge on any atom is -0.364 e. The van der Waals surface area contributed by atoms with Gasteiger partial charge in [-0.25, -0.2) is 4.39 Å². The summed E-state index contributed by atoms with van der Waals surface area (Å²) in [6, 6.07) is 5.04. The molecule has 1 aromatic heterocycles. The molecule has 94 valence electrons. The lowest BCUT2D eigenvalue weighted by molar-refractivity contribution is -0.385. The molecule has 0 bridgehead atoms. The molecule has 1 aromatic carbocycles. The van der Waals surface area contributed by atoms with Crippen LogP contribution >= 0.6 is 0 Å². The fourth-order valence-corrected chi connectivity index (χ4v) is 1.53. The van der Waals surface area contributed by atoms with Gasteiger partial charge in [0, 0.05) is 30.8 Å². The number of nitro benzene ring substituents is 1. The third-order valence-corrected chi connectivity index (χ3v) is 2.35. The first kappa shape index (κ1) is 12.2. The summed E-state index contributed by atoms with van der Waals surface area (Å²) in [5.74, 6) is -0.501. The van der Waals surface area contributed by atoms with Crippen molar-refractivity contribution in [3.05, 3.63) is 57.7 Å². The third-order valence-electron chi connectivity index (χ3n) is 2.35. The lowest BCUT2D eigenvalue weighted by atomic mass is 10.1. The van der Waals surface area contributed by atoms with Gasteiger partial charge in [0.2, 0.25) is 0 Å². The number of nitrogens with zero attached hydrogens (tertiary/aromatic N) is 2. The number of hydrogen-bond donors (Lipinski definition) is 1. The fourth-order valence-electron chi connectivity index (χ4n) is 1.53. The molecule has 0 aliphatic heterocycles. The molecule has 0 unspecified atom stereocenters. The van der Waals surface area contributed by atoms with Gasteiger partial charge in [0.1, 0.15) is 12.1 Å². The van der Waals surface area contributed by atoms with Gasteiger partial charge in [-0.1, -0.05) is 5.16 Å². The van der Waals surface area contributed by atoms with E-state index in [1.165, 1.54) is 6.26 Å². The van der Waals surface area contributed by atoms with E-state index >= 15 is 0 Å². The summed E-state index contributed by atoms with van der Waals surface area (Å²) < 4.78 is 17.7. The Morgan fingerprint density at radius 1 is 1.39 bits per heavy atom. The highest BCUT2D eigenvalue weighted by Crippen LogP contribution is 2.19. The topological polar surface area (TPSA) is 81.2 Å². The van der Waals surface area contributed by atoms with Gasteiger partial charge in [0.05, 0.1) is 10.6 Å². The van der Waals surface area contributed by atoms with Crippen LogP contribution in [0.3, 0.4) is 0 Å². The summed E-state index contributed by atoms with van der Waals surface area (Å²) in [5.41, 5.74) is 0.863. The Bertz CT molecular complexity index is 542. The Morgan fingerprint density at radius 2 is 2.22 bits per heavy atom. The summed E-state index contributed by atoms with van der Waals surface area (Å²) in [4.78, 5) is 10.2. The van der Waals surface area contributed by atoms with E-state index in [0.717, 1.165) is 18.2 Å². The molecule has 6 nitrogen and oxygen atoms in total. The first-order chi connectivity index (χ1) is 8.66. The molecule has 0 aliphatic carbocycles. The number of halogens is 1. The molecule has 1 N–H and O–H groups in total. The Labute approximate surface area is 102 Å². The van der Waals surface area contributed by atoms with E-state index in [4.69, 9.17) is 0 Å². The Balaban J connectivity index is 2.03. The Hall–Kier alpha value is -2.28. The van der Waals surface area contributed by atoms with Crippen molar-refractivity contribution < 1.29 is 13.8 Å². The molecule has 2 aromatic rings. The van der Waals surface area contributed by atoms with Crippen LogP contribution in [-0.4, -0.2) is 10.1 Å². The summed E-state index contributed by atoms with van der Waals surface area (Å²) in [6.07, 6.45) is 1.43. The van der Waals surface area contributed by atoms with Crippen LogP contribution in [0, 0.1) is 15.9 Å². The molecule has 0 saturated heterocycles. The fraction of sp³-hybridized carbons (Fsp3) is 0.182. The number of aromatic nitrogens is 1. The maximum Gasteiger partial charge on any atom is 0.274 e. The number of nitro groups is 1. The Morgan fingerprint density at radius 3 is 2.89 bits per heavy atom. The van der Waals surface area contributed by atoms with Crippen molar-refractivity contribution in [2.45, 2.75) is 13.1 Å². The van der Waals surface area contributed by atoms with Crippen molar-refractivity contribution in [3.63, 3.8) is 0 Å². The maximum absolute atomic E-state index is 13.0. The molecule has 0 aliphatic rings. The minimum absolute atomic E-state index is 0.107. The average molecular weight is 251 g/mol. The van der Waals surface area contributed by atoms with E-state index in [1.54, 1.807) is 6.07 Å². The molecule has 2 rings (SSSR count). The standard InChI is InChI=1S/C11H10FN3O3/c12-9-1-2-11(15(16)17)8(5-9)6-13-7-10-3-4-18-14-10/h1-5,13H,6-7H2. The molecule has 0 radical (unpaired) electrons. The van der Waals surface area contributed by atoms with Gasteiger partial charge in [-0.15, -0.1) is 0 Å². The van der Waals surface area contributed by atoms with E-state index < -0.39 is 10.7 Å². The van der Waals surface area contributed by atoms with Crippen LogP contribution in [0.2, 0.25) is 0 Å². The van der Waals surface area contributed by atoms with Crippen molar-refractivity contribution >= 4 is 5.69 Å². The summed E-state index contributed by atoms with van der Waals surface area (Å²) in [6.45, 7) is 0.575. The maximum atomic E-state index is 13.0. The second-order valence-corrected chi connectivity index (χ2v) is 3.62. The normalized spacial score (nSPS) is 10.5. The molecule has 0 atom stereocenters. The highest BCUT2D eigenvalue weighted by Gasteiger charge is 2.13. The molecular formula is C11H10FN3O3. The molecule has 0 amide bonds. The summed E-state index contributed by atoms with van der Waals surface area (Å²) in [7, 11) is 0. The first-order valence-corrected chi connectivity index (χ1v) is 5.19. The monoisotopic (exact) mass is 251 g/mol. The van der Waals surface area contributed by atoms with Crippen LogP contribution in [0.1, 0.15) is 11.3 Å². The predicted molar refractivity (Wildman–Crippen MR) is 60.1 cm³/mol. The molecule has 0 fully saturated rings. The quantitative estimate of drug-likeness (QED) is 0.649. The summed E-state index contributed by atoms with van der Waals surface area (Å²) >= 11 is 0. The molecule has 0 saturated carbocycles. The zero-order valence-corrected chi connectivity index (χ0v) is 9.30. The molecule has 1 heterocycles. The van der Waals surface area contributed by atoms with Crippen molar-refractivity contribution in [2.24, 2.45) is 0 Å². The van der Waals surface area contributed by atoms with Crippen molar-refractivity contribution in [2.75, 3.05) is 0 Å². The van der Waals surface area contributed by atoms with Gasteiger partial charge < -0.3 is 9.84 Å². The first-order valence-electron chi connectivity index (χ1n) is 5.19. The van der Waals surface area contributed by atoms with Gasteiger partial charge in [-0.05, 0) is 12.1 Å². The second-order valence-electron chi connectivity index (χ2n) is 3.62. The zero-order valence-electron chi connectivity index (χ0n) is 9.30. The number of benzene rings is 1. The number of rotatable bonds is 5. The van der Waals surface area contributed by atoms with Crippen molar-refractivity contribution in [3.8, 4) is 0 Å². The van der Waals surface area contributed by atoms with Gasteiger partial charge in [-0.2, -0.15) is 0 Å². The predicted octanol–water partition coefficient (Wildman–Crippen LogP) is 2.01. The van der Waals surface area contributed by atoms with E-state index in [9.17, 15) is 14.5 Å². The molecule has 18 heavy (non-hydrogen) atoms. The number of hydrogen-bond acceptors (Lipinski definition) is 5. The van der Waals surface area contributed by atoms with Gasteiger partial charge in [0.15, 0.2) is 0 Å². The second kappa shape index (κ2) is 5.37. The lowest BCUT2D eigenvalue weighted by Crippen LogP contribution is -2.14. The number of nitrogens with one attached hydrogen (secondary N) is 1. The largest absolute Gasteiger partial charge is 0.364 e. The van der Waals surface area contributed by atoms with E-state index in [2.05, 4.69) is 15.0 Å². The molecule has 0 spiro atoms. The smallest absolute Gasteiger partial charge is 0.274 e. The lowest BCUT2D eigenvalue weighted by Gasteiger charge is -2.04. The highest BCUT2D eigenvalue weighted by atomic mass is 19.1. The summed E-state index contributed by atoms with van der Waals surface area (Å²) in [5, 5.41) is 17.4. The SMILES string of the molecule is O=[N+]([O-])c1ccc(F)cc1CNCc1ccon1. The van der Waals surface area contributed by atoms with Gasteiger partial charge in [-0.3, -0.25) is 10.1 Å². The van der Waals surface area contributed by atoms with Crippen molar-refractivity contribution in [1.82, 2.24) is 10.5 Å². The third kappa shape index (κ3) is 2.89. The van der Waals surface area contributed by atoms with E-state index in [-0.39, 0.29) is 12.2 Å². The van der Waals surface area contributed by atoms with Crippen LogP contribution in [0.4, 0.5) is 10.1 Å². The zero-order chi connectivity index (χ0) is 13.0. The van der Waals surface area contributed by atoms with Crippen molar-refractivity contribution in [1.29, 1.82) is 0 Å². The highest BCUT2D eigenvalue weighted by molar-refractivity contribution is 5.40. The van der Waals surface area contributed by atoms with Gasteiger partial charge >= 0.3 is 0 Å². The van der Waals surface area contributed by atoms with E-state index in [1.807, 2.05) is 0 Å². The van der Waals surface area contributed by atoms with Crippen LogP contribution < -0.4 is 5.32 Å². The van der Waals surface area contributed by atoms with Gasteiger partial charge in [0.25, 0.3) is 5.69 Å². The average Bonchev–Trinajstić information content (AvgIpc) is 2.82. The van der Waals surface area contributed by atoms with E-state index in [0.29, 0.717) is 17.8 Å². The molecule has 7 heteroatoms.